The molecule has 4 amide bonds. The molecule has 13 heteroatoms. The second-order valence-corrected chi connectivity index (χ2v) is 13.8. The molecule has 3 atom stereocenters. The van der Waals surface area contributed by atoms with Crippen molar-refractivity contribution in [3.05, 3.63) is 43.1 Å². The molecule has 0 radical (unpaired) electrons. The largest absolute Gasteiger partial charge is 0.497 e. The fourth-order valence-corrected chi connectivity index (χ4v) is 6.45. The standard InChI is InChI=1S/C29H36N4O8S/c1-6-18-16-23(18)33(26(35)31-42(37,38)20-9-10-20)25(34)29(13-7-15-32(29)27(36)41-28(2,3)4)40-24-12-14-30-22-17-19(39-5)8-11-21(22)24/h6,8,11-12,14,17-18,20,23H,1,7,9-10,13,15-16H2,2-5H3,(H,31,35). The molecule has 1 aliphatic heterocycles. The van der Waals surface area contributed by atoms with Crippen LogP contribution in [0.15, 0.2) is 43.1 Å². The lowest BCUT2D eigenvalue weighted by molar-refractivity contribution is -0.159. The Morgan fingerprint density at radius 1 is 1.21 bits per heavy atom. The number of carbonyl (C=O) groups excluding carboxylic acids is 3. The third-order valence-corrected chi connectivity index (χ3v) is 9.35. The fourth-order valence-electron chi connectivity index (χ4n) is 5.18. The van der Waals surface area contributed by atoms with Crippen LogP contribution in [0.4, 0.5) is 9.59 Å². The van der Waals surface area contributed by atoms with Crippen LogP contribution in [-0.4, -0.2) is 77.5 Å². The molecular formula is C29H36N4O8S. The summed E-state index contributed by atoms with van der Waals surface area (Å²) >= 11 is 0. The van der Waals surface area contributed by atoms with E-state index in [0.29, 0.717) is 42.3 Å². The van der Waals surface area contributed by atoms with E-state index in [1.165, 1.54) is 18.2 Å². The first-order chi connectivity index (χ1) is 19.8. The highest BCUT2D eigenvalue weighted by Gasteiger charge is 2.60. The Balaban J connectivity index is 1.59. The Morgan fingerprint density at radius 3 is 2.57 bits per heavy atom. The van der Waals surface area contributed by atoms with Gasteiger partial charge in [0.25, 0.3) is 11.6 Å². The summed E-state index contributed by atoms with van der Waals surface area (Å²) in [6, 6.07) is 4.99. The number of hydrogen-bond donors (Lipinski definition) is 1. The number of amides is 4. The first-order valence-electron chi connectivity index (χ1n) is 13.9. The molecule has 1 saturated heterocycles. The van der Waals surface area contributed by atoms with Gasteiger partial charge >= 0.3 is 12.1 Å². The van der Waals surface area contributed by atoms with Crippen molar-refractivity contribution in [2.24, 2.45) is 5.92 Å². The van der Waals surface area contributed by atoms with Gasteiger partial charge in [-0.2, -0.15) is 0 Å². The van der Waals surface area contributed by atoms with Crippen molar-refractivity contribution in [2.45, 2.75) is 75.5 Å². The van der Waals surface area contributed by atoms with Gasteiger partial charge in [0, 0.05) is 36.7 Å². The van der Waals surface area contributed by atoms with Crippen LogP contribution in [0.25, 0.3) is 10.9 Å². The highest BCUT2D eigenvalue weighted by Crippen LogP contribution is 2.43. The molecular weight excluding hydrogens is 564 g/mol. The number of rotatable bonds is 8. The van der Waals surface area contributed by atoms with Crippen LogP contribution in [0.5, 0.6) is 11.5 Å². The SMILES string of the molecule is C=CC1CC1N(C(=O)NS(=O)(=O)C1CC1)C(=O)C1(Oc2ccnc3cc(OC)ccc23)CCCN1C(=O)OC(C)(C)C. The second-order valence-electron chi connectivity index (χ2n) is 11.8. The zero-order valence-electron chi connectivity index (χ0n) is 24.2. The Bertz CT molecular complexity index is 1530. The van der Waals surface area contributed by atoms with Gasteiger partial charge in [-0.15, -0.1) is 6.58 Å². The summed E-state index contributed by atoms with van der Waals surface area (Å²) in [6.45, 7) is 9.01. The van der Waals surface area contributed by atoms with Crippen molar-refractivity contribution in [3.63, 3.8) is 0 Å². The van der Waals surface area contributed by atoms with Crippen molar-refractivity contribution >= 4 is 39.0 Å². The van der Waals surface area contributed by atoms with Gasteiger partial charge in [0.1, 0.15) is 17.1 Å². The van der Waals surface area contributed by atoms with Gasteiger partial charge in [-0.1, -0.05) is 6.08 Å². The molecule has 12 nitrogen and oxygen atoms in total. The van der Waals surface area contributed by atoms with Crippen molar-refractivity contribution in [3.8, 4) is 11.5 Å². The minimum atomic E-state index is -3.97. The number of pyridine rings is 1. The van der Waals surface area contributed by atoms with Gasteiger partial charge < -0.3 is 14.2 Å². The molecule has 3 fully saturated rings. The number of aromatic nitrogens is 1. The minimum absolute atomic E-state index is 0.0374. The summed E-state index contributed by atoms with van der Waals surface area (Å²) in [6.07, 6.45) is 4.02. The summed E-state index contributed by atoms with van der Waals surface area (Å²) in [5, 5.41) is -0.132. The van der Waals surface area contributed by atoms with E-state index in [0.717, 1.165) is 4.90 Å². The molecule has 1 N–H and O–H groups in total. The third-order valence-electron chi connectivity index (χ3n) is 7.54. The van der Waals surface area contributed by atoms with Crippen LogP contribution in [0, 0.1) is 5.92 Å². The zero-order valence-corrected chi connectivity index (χ0v) is 25.0. The number of hydrogen-bond acceptors (Lipinski definition) is 9. The number of ether oxygens (including phenoxy) is 3. The number of nitrogens with zero attached hydrogens (tertiary/aromatic N) is 3. The Morgan fingerprint density at radius 2 is 1.95 bits per heavy atom. The highest BCUT2D eigenvalue weighted by atomic mass is 32.2. The van der Waals surface area contributed by atoms with Crippen LogP contribution < -0.4 is 14.2 Å². The minimum Gasteiger partial charge on any atom is -0.497 e. The molecule has 5 rings (SSSR count). The number of benzene rings is 1. The fraction of sp³-hybridized carbons (Fsp3) is 0.517. The molecule has 2 heterocycles. The molecule has 1 aromatic heterocycles. The number of imide groups is 1. The summed E-state index contributed by atoms with van der Waals surface area (Å²) in [5.74, 6) is -0.278. The van der Waals surface area contributed by atoms with Crippen molar-refractivity contribution < 1.29 is 37.0 Å². The number of methoxy groups -OCH3 is 1. The van der Waals surface area contributed by atoms with Crippen LogP contribution in [0.3, 0.4) is 0 Å². The van der Waals surface area contributed by atoms with Gasteiger partial charge in [0.2, 0.25) is 10.0 Å². The maximum absolute atomic E-state index is 14.7. The second kappa shape index (κ2) is 10.8. The summed E-state index contributed by atoms with van der Waals surface area (Å²) < 4.78 is 45.0. The van der Waals surface area contributed by atoms with Crippen LogP contribution >= 0.6 is 0 Å². The number of likely N-dealkylation sites (tertiary alicyclic amines) is 1. The van der Waals surface area contributed by atoms with E-state index >= 15 is 0 Å². The molecule has 3 unspecified atom stereocenters. The van der Waals surface area contributed by atoms with Gasteiger partial charge in [-0.05, 0) is 70.6 Å². The average molecular weight is 601 g/mol. The lowest BCUT2D eigenvalue weighted by Crippen LogP contribution is -2.65. The highest BCUT2D eigenvalue weighted by molar-refractivity contribution is 7.90. The lowest BCUT2D eigenvalue weighted by Gasteiger charge is -2.40. The van der Waals surface area contributed by atoms with Crippen molar-refractivity contribution in [2.75, 3.05) is 13.7 Å². The van der Waals surface area contributed by atoms with E-state index in [4.69, 9.17) is 14.2 Å². The lowest BCUT2D eigenvalue weighted by atomic mass is 10.1. The topological polar surface area (TPSA) is 144 Å². The maximum atomic E-state index is 14.7. The predicted octanol–water partition coefficient (Wildman–Crippen LogP) is 3.95. The number of sulfonamides is 1. The van der Waals surface area contributed by atoms with Gasteiger partial charge in [-0.3, -0.25) is 19.6 Å². The summed E-state index contributed by atoms with van der Waals surface area (Å²) in [4.78, 5) is 48.3. The Hall–Kier alpha value is -3.87. The van der Waals surface area contributed by atoms with Crippen LogP contribution in [0.2, 0.25) is 0 Å². The van der Waals surface area contributed by atoms with Crippen molar-refractivity contribution in [1.82, 2.24) is 19.5 Å². The first-order valence-corrected chi connectivity index (χ1v) is 15.5. The Labute approximate surface area is 245 Å². The molecule has 42 heavy (non-hydrogen) atoms. The molecule has 1 aromatic carbocycles. The number of carbonyl (C=O) groups is 3. The molecule has 0 spiro atoms. The smallest absolute Gasteiger partial charge is 0.413 e. The van der Waals surface area contributed by atoms with Crippen LogP contribution in [0.1, 0.15) is 52.9 Å². The van der Waals surface area contributed by atoms with Gasteiger partial charge in [0.05, 0.1) is 17.9 Å². The number of fused-ring (bicyclic) bond motifs is 1. The Kier molecular flexibility index (Phi) is 7.58. The summed E-state index contributed by atoms with van der Waals surface area (Å²) in [5.41, 5.74) is -2.37. The van der Waals surface area contributed by atoms with Crippen molar-refractivity contribution in [1.29, 1.82) is 0 Å². The number of nitrogens with one attached hydrogen (secondary N) is 1. The molecule has 226 valence electrons. The van der Waals surface area contributed by atoms with E-state index in [1.54, 1.807) is 51.1 Å². The average Bonchev–Trinajstić information content (AvgIpc) is 3.85. The summed E-state index contributed by atoms with van der Waals surface area (Å²) in [7, 11) is -2.44. The monoisotopic (exact) mass is 600 g/mol. The van der Waals surface area contributed by atoms with E-state index in [2.05, 4.69) is 16.3 Å². The van der Waals surface area contributed by atoms with E-state index < -0.39 is 50.7 Å². The number of urea groups is 1. The van der Waals surface area contributed by atoms with E-state index in [9.17, 15) is 22.8 Å². The predicted molar refractivity (Wildman–Crippen MR) is 153 cm³/mol. The van der Waals surface area contributed by atoms with E-state index in [-0.39, 0.29) is 24.6 Å². The van der Waals surface area contributed by atoms with Crippen LogP contribution in [-0.2, 0) is 19.6 Å². The molecule has 3 aliphatic rings. The quantitative estimate of drug-likeness (QED) is 0.445. The van der Waals surface area contributed by atoms with Gasteiger partial charge in [-0.25, -0.2) is 22.7 Å². The van der Waals surface area contributed by atoms with E-state index in [1.807, 2.05) is 0 Å². The zero-order chi connectivity index (χ0) is 30.4. The maximum Gasteiger partial charge on any atom is 0.413 e. The molecule has 2 saturated carbocycles. The van der Waals surface area contributed by atoms with Gasteiger partial charge in [0.15, 0.2) is 0 Å². The molecule has 0 bridgehead atoms. The first kappa shape index (κ1) is 29.6. The normalized spacial score (nSPS) is 23.7. The third kappa shape index (κ3) is 5.74. The molecule has 2 aromatic rings. The molecule has 2 aliphatic carbocycles.